The van der Waals surface area contributed by atoms with Crippen molar-refractivity contribution in [1.29, 1.82) is 0 Å². The van der Waals surface area contributed by atoms with E-state index in [1.807, 2.05) is 46.8 Å². The van der Waals surface area contributed by atoms with Gasteiger partial charge in [0.05, 0.1) is 0 Å². The molecule has 2 rings (SSSR count). The monoisotopic (exact) mass is 345 g/mol. The first-order chi connectivity index (χ1) is 11.2. The Labute approximate surface area is 149 Å². The molecule has 1 N–H and O–H groups in total. The summed E-state index contributed by atoms with van der Waals surface area (Å²) in [4.78, 5) is 12.5. The van der Waals surface area contributed by atoms with Crippen LogP contribution in [0.1, 0.15) is 34.7 Å². The lowest BCUT2D eigenvalue weighted by atomic mass is 10.0. The second-order valence-electron chi connectivity index (χ2n) is 6.39. The number of rotatable bonds is 4. The molecule has 0 saturated heterocycles. The minimum atomic E-state index is -0.606. The second kappa shape index (κ2) is 7.27. The van der Waals surface area contributed by atoms with Crippen LogP contribution < -0.4 is 10.1 Å². The quantitative estimate of drug-likeness (QED) is 0.817. The average Bonchev–Trinajstić information content (AvgIpc) is 2.48. The maximum absolute atomic E-state index is 12.5. The summed E-state index contributed by atoms with van der Waals surface area (Å²) in [6, 6.07) is 7.81. The van der Waals surface area contributed by atoms with Crippen molar-refractivity contribution >= 4 is 23.2 Å². The van der Waals surface area contributed by atoms with Crippen molar-refractivity contribution in [2.45, 2.75) is 47.6 Å². The number of halogens is 1. The lowest BCUT2D eigenvalue weighted by molar-refractivity contribution is -0.122. The van der Waals surface area contributed by atoms with Gasteiger partial charge in [0, 0.05) is 10.7 Å². The molecule has 24 heavy (non-hydrogen) atoms. The van der Waals surface area contributed by atoms with Crippen LogP contribution in [0, 0.1) is 34.6 Å². The number of hydrogen-bond acceptors (Lipinski definition) is 2. The van der Waals surface area contributed by atoms with Gasteiger partial charge in [-0.05, 0) is 75.9 Å². The minimum Gasteiger partial charge on any atom is -0.481 e. The fourth-order valence-corrected chi connectivity index (χ4v) is 2.94. The molecule has 0 spiro atoms. The number of ether oxygens (including phenoxy) is 1. The Morgan fingerprint density at radius 1 is 0.958 bits per heavy atom. The number of anilines is 1. The Kier molecular flexibility index (Phi) is 5.55. The van der Waals surface area contributed by atoms with Crippen molar-refractivity contribution in [1.82, 2.24) is 0 Å². The maximum atomic E-state index is 12.5. The van der Waals surface area contributed by atoms with Crippen molar-refractivity contribution in [3.8, 4) is 5.75 Å². The van der Waals surface area contributed by atoms with Crippen LogP contribution in [0.2, 0.25) is 5.02 Å². The van der Waals surface area contributed by atoms with Gasteiger partial charge >= 0.3 is 0 Å². The van der Waals surface area contributed by atoms with Gasteiger partial charge in [-0.25, -0.2) is 0 Å². The maximum Gasteiger partial charge on any atom is 0.265 e. The van der Waals surface area contributed by atoms with Crippen LogP contribution in [0.4, 0.5) is 5.69 Å². The predicted octanol–water partition coefficient (Wildman–Crippen LogP) is 5.29. The van der Waals surface area contributed by atoms with Crippen LogP contribution in [0.5, 0.6) is 5.75 Å². The van der Waals surface area contributed by atoms with Crippen molar-refractivity contribution in [2.24, 2.45) is 0 Å². The number of aryl methyl sites for hydroxylation is 5. The Morgan fingerprint density at radius 2 is 1.46 bits per heavy atom. The van der Waals surface area contributed by atoms with E-state index in [2.05, 4.69) is 17.4 Å². The molecule has 1 amide bonds. The summed E-state index contributed by atoms with van der Waals surface area (Å²) >= 11 is 6.17. The normalized spacial score (nSPS) is 12.0. The Hall–Kier alpha value is -2.00. The highest BCUT2D eigenvalue weighted by Gasteiger charge is 2.17. The molecule has 128 valence electrons. The van der Waals surface area contributed by atoms with E-state index in [-0.39, 0.29) is 5.91 Å². The summed E-state index contributed by atoms with van der Waals surface area (Å²) in [6.45, 7) is 11.6. The third-order valence-corrected chi connectivity index (χ3v) is 4.61. The van der Waals surface area contributed by atoms with Crippen LogP contribution in [0.25, 0.3) is 0 Å². The smallest absolute Gasteiger partial charge is 0.265 e. The lowest BCUT2D eigenvalue weighted by Crippen LogP contribution is -2.30. The largest absolute Gasteiger partial charge is 0.481 e. The van der Waals surface area contributed by atoms with E-state index >= 15 is 0 Å². The van der Waals surface area contributed by atoms with E-state index in [0.29, 0.717) is 5.75 Å². The standard InChI is InChI=1S/C20H24ClNO2/c1-11-7-14(4)19(15(5)8-11)22-20(23)16(6)24-17-9-12(2)18(21)13(3)10-17/h7-10,16H,1-6H3,(H,22,23)/t16-/m0/s1. The first-order valence-electron chi connectivity index (χ1n) is 8.01. The summed E-state index contributed by atoms with van der Waals surface area (Å²) in [7, 11) is 0. The van der Waals surface area contributed by atoms with Crippen molar-refractivity contribution in [2.75, 3.05) is 5.32 Å². The molecule has 1 atom stereocenters. The summed E-state index contributed by atoms with van der Waals surface area (Å²) in [5.41, 5.74) is 6.00. The molecule has 4 heteroatoms. The molecule has 0 radical (unpaired) electrons. The van der Waals surface area contributed by atoms with E-state index in [0.717, 1.165) is 33.0 Å². The second-order valence-corrected chi connectivity index (χ2v) is 6.77. The zero-order chi connectivity index (χ0) is 18.0. The Bertz CT molecular complexity index is 737. The molecular weight excluding hydrogens is 322 g/mol. The van der Waals surface area contributed by atoms with Gasteiger partial charge in [0.2, 0.25) is 0 Å². The van der Waals surface area contributed by atoms with Gasteiger partial charge in [0.1, 0.15) is 5.75 Å². The number of nitrogens with one attached hydrogen (secondary N) is 1. The van der Waals surface area contributed by atoms with Gasteiger partial charge < -0.3 is 10.1 Å². The number of hydrogen-bond donors (Lipinski definition) is 1. The van der Waals surface area contributed by atoms with Gasteiger partial charge in [0.15, 0.2) is 6.10 Å². The Balaban J connectivity index is 2.13. The van der Waals surface area contributed by atoms with E-state index in [4.69, 9.17) is 16.3 Å². The molecule has 2 aromatic carbocycles. The third kappa shape index (κ3) is 4.09. The number of carbonyl (C=O) groups excluding carboxylic acids is 1. The number of benzene rings is 2. The van der Waals surface area contributed by atoms with Crippen LogP contribution >= 0.6 is 11.6 Å². The first kappa shape index (κ1) is 18.3. The van der Waals surface area contributed by atoms with Crippen molar-refractivity contribution < 1.29 is 9.53 Å². The summed E-state index contributed by atoms with van der Waals surface area (Å²) in [6.07, 6.45) is -0.606. The van der Waals surface area contributed by atoms with Gasteiger partial charge in [-0.2, -0.15) is 0 Å². The van der Waals surface area contributed by atoms with E-state index in [1.165, 1.54) is 5.56 Å². The highest BCUT2D eigenvalue weighted by molar-refractivity contribution is 6.32. The topological polar surface area (TPSA) is 38.3 Å². The summed E-state index contributed by atoms with van der Waals surface area (Å²) < 4.78 is 5.80. The summed E-state index contributed by atoms with van der Waals surface area (Å²) in [5.74, 6) is 0.477. The number of carbonyl (C=O) groups is 1. The molecule has 0 aliphatic carbocycles. The highest BCUT2D eigenvalue weighted by atomic mass is 35.5. The fraction of sp³-hybridized carbons (Fsp3) is 0.350. The van der Waals surface area contributed by atoms with Gasteiger partial charge in [-0.1, -0.05) is 29.3 Å². The van der Waals surface area contributed by atoms with Crippen LogP contribution in [-0.4, -0.2) is 12.0 Å². The van der Waals surface area contributed by atoms with Crippen LogP contribution in [-0.2, 0) is 4.79 Å². The SMILES string of the molecule is Cc1cc(C)c(NC(=O)[C@H](C)Oc2cc(C)c(Cl)c(C)c2)c(C)c1. The molecule has 0 bridgehead atoms. The van der Waals surface area contributed by atoms with E-state index in [1.54, 1.807) is 6.92 Å². The molecule has 3 nitrogen and oxygen atoms in total. The van der Waals surface area contributed by atoms with Gasteiger partial charge in [0.25, 0.3) is 5.91 Å². The predicted molar refractivity (Wildman–Crippen MR) is 100 cm³/mol. The molecule has 0 aromatic heterocycles. The first-order valence-corrected chi connectivity index (χ1v) is 8.39. The fourth-order valence-electron chi connectivity index (χ4n) is 2.83. The van der Waals surface area contributed by atoms with E-state index in [9.17, 15) is 4.79 Å². The van der Waals surface area contributed by atoms with Gasteiger partial charge in [-0.15, -0.1) is 0 Å². The zero-order valence-electron chi connectivity index (χ0n) is 15.1. The van der Waals surface area contributed by atoms with Crippen LogP contribution in [0.3, 0.4) is 0 Å². The average molecular weight is 346 g/mol. The Morgan fingerprint density at radius 3 is 1.96 bits per heavy atom. The number of amides is 1. The lowest BCUT2D eigenvalue weighted by Gasteiger charge is -2.18. The summed E-state index contributed by atoms with van der Waals surface area (Å²) in [5, 5.41) is 3.70. The highest BCUT2D eigenvalue weighted by Crippen LogP contribution is 2.27. The molecule has 0 unspecified atom stereocenters. The van der Waals surface area contributed by atoms with Crippen molar-refractivity contribution in [3.63, 3.8) is 0 Å². The molecule has 0 fully saturated rings. The minimum absolute atomic E-state index is 0.171. The molecule has 2 aromatic rings. The van der Waals surface area contributed by atoms with Gasteiger partial charge in [-0.3, -0.25) is 4.79 Å². The molecule has 0 aliphatic heterocycles. The molecule has 0 saturated carbocycles. The van der Waals surface area contributed by atoms with Crippen LogP contribution in [0.15, 0.2) is 24.3 Å². The van der Waals surface area contributed by atoms with Crippen molar-refractivity contribution in [3.05, 3.63) is 57.1 Å². The molecular formula is C20H24ClNO2. The molecule has 0 heterocycles. The molecule has 0 aliphatic rings. The zero-order valence-corrected chi connectivity index (χ0v) is 15.8. The third-order valence-electron chi connectivity index (χ3n) is 4.02. The van der Waals surface area contributed by atoms with E-state index < -0.39 is 6.10 Å².